The van der Waals surface area contributed by atoms with Gasteiger partial charge in [-0.15, -0.1) is 0 Å². The number of hydrogen-bond acceptors (Lipinski definition) is 4. The van der Waals surface area contributed by atoms with Crippen molar-refractivity contribution in [2.75, 3.05) is 17.3 Å². The largest absolute Gasteiger partial charge is 0.398 e. The Hall–Kier alpha value is -1.56. The molecule has 100 valence electrons. The Kier molecular flexibility index (Phi) is 4.34. The molecule has 0 radical (unpaired) electrons. The molecule has 6 heteroatoms. The summed E-state index contributed by atoms with van der Waals surface area (Å²) in [5.74, 6) is -0.554. The van der Waals surface area contributed by atoms with E-state index in [0.717, 1.165) is 18.2 Å². The lowest BCUT2D eigenvalue weighted by Gasteiger charge is -2.12. The highest BCUT2D eigenvalue weighted by Gasteiger charge is 2.23. The minimum Gasteiger partial charge on any atom is -0.398 e. The Bertz CT molecular complexity index is 552. The lowest BCUT2D eigenvalue weighted by Crippen LogP contribution is -2.31. The molecule has 0 saturated carbocycles. The van der Waals surface area contributed by atoms with Crippen LogP contribution in [0.15, 0.2) is 18.2 Å². The molecule has 0 aliphatic carbocycles. The highest BCUT2D eigenvalue weighted by molar-refractivity contribution is 7.92. The molecular weight excluding hydrogens is 252 g/mol. The number of nitrogens with one attached hydrogen (secondary N) is 1. The van der Waals surface area contributed by atoms with E-state index in [1.54, 1.807) is 12.1 Å². The van der Waals surface area contributed by atoms with Crippen LogP contribution in [-0.4, -0.2) is 25.8 Å². The van der Waals surface area contributed by atoms with Crippen molar-refractivity contribution in [1.29, 1.82) is 0 Å². The topological polar surface area (TPSA) is 89.3 Å². The quantitative estimate of drug-likeness (QED) is 0.805. The standard InChI is InChI=1S/C12H18N2O3S/c1-4-9-5-6-10(7-11(9)13)14-12(15)8(2)18(3,16)17/h5-8H,4,13H2,1-3H3,(H,14,15). The maximum Gasteiger partial charge on any atom is 0.242 e. The summed E-state index contributed by atoms with van der Waals surface area (Å²) in [5.41, 5.74) is 7.88. The normalized spacial score (nSPS) is 13.1. The Labute approximate surface area is 107 Å². The lowest BCUT2D eigenvalue weighted by molar-refractivity contribution is -0.115. The third kappa shape index (κ3) is 3.46. The minimum absolute atomic E-state index is 0.505. The minimum atomic E-state index is -3.39. The zero-order valence-corrected chi connectivity index (χ0v) is 11.5. The van der Waals surface area contributed by atoms with Gasteiger partial charge in [-0.25, -0.2) is 8.42 Å². The van der Waals surface area contributed by atoms with Crippen LogP contribution >= 0.6 is 0 Å². The SMILES string of the molecule is CCc1ccc(NC(=O)C(C)S(C)(=O)=O)cc1N. The van der Waals surface area contributed by atoms with Crippen LogP contribution in [0.4, 0.5) is 11.4 Å². The number of aryl methyl sites for hydroxylation is 1. The van der Waals surface area contributed by atoms with E-state index in [1.165, 1.54) is 6.92 Å². The van der Waals surface area contributed by atoms with Gasteiger partial charge in [-0.3, -0.25) is 4.79 Å². The van der Waals surface area contributed by atoms with Crippen LogP contribution in [0, 0.1) is 0 Å². The molecule has 5 nitrogen and oxygen atoms in total. The van der Waals surface area contributed by atoms with E-state index in [1.807, 2.05) is 13.0 Å². The molecule has 1 atom stereocenters. The summed E-state index contributed by atoms with van der Waals surface area (Å²) >= 11 is 0. The first kappa shape index (κ1) is 14.5. The molecule has 1 aromatic rings. The number of benzene rings is 1. The number of nitrogens with two attached hydrogens (primary N) is 1. The van der Waals surface area contributed by atoms with E-state index < -0.39 is 21.0 Å². The molecule has 1 rings (SSSR count). The second kappa shape index (κ2) is 5.39. The summed E-state index contributed by atoms with van der Waals surface area (Å²) in [6.45, 7) is 3.34. The maximum atomic E-state index is 11.7. The highest BCUT2D eigenvalue weighted by atomic mass is 32.2. The van der Waals surface area contributed by atoms with Gasteiger partial charge in [0.15, 0.2) is 9.84 Å². The fraction of sp³-hybridized carbons (Fsp3) is 0.417. The molecule has 1 unspecified atom stereocenters. The summed E-state index contributed by atoms with van der Waals surface area (Å²) < 4.78 is 22.5. The number of amides is 1. The fourth-order valence-corrected chi connectivity index (χ4v) is 1.88. The highest BCUT2D eigenvalue weighted by Crippen LogP contribution is 2.19. The van der Waals surface area contributed by atoms with E-state index in [0.29, 0.717) is 11.4 Å². The second-order valence-corrected chi connectivity index (χ2v) is 6.59. The number of carbonyl (C=O) groups excluding carboxylic acids is 1. The average molecular weight is 270 g/mol. The number of sulfone groups is 1. The van der Waals surface area contributed by atoms with E-state index in [9.17, 15) is 13.2 Å². The molecule has 0 aliphatic heterocycles. The predicted octanol–water partition coefficient (Wildman–Crippen LogP) is 1.20. The molecule has 0 aliphatic rings. The molecule has 0 saturated heterocycles. The molecule has 0 fully saturated rings. The first-order valence-corrected chi connectivity index (χ1v) is 7.59. The molecule has 0 heterocycles. The van der Waals surface area contributed by atoms with Crippen LogP contribution in [-0.2, 0) is 21.1 Å². The maximum absolute atomic E-state index is 11.7. The van der Waals surface area contributed by atoms with Crippen LogP contribution in [0.25, 0.3) is 0 Å². The number of anilines is 2. The van der Waals surface area contributed by atoms with Gasteiger partial charge in [-0.05, 0) is 31.0 Å². The zero-order chi connectivity index (χ0) is 13.9. The summed E-state index contributed by atoms with van der Waals surface area (Å²) in [7, 11) is -3.39. The molecule has 0 bridgehead atoms. The molecule has 0 aromatic heterocycles. The van der Waals surface area contributed by atoms with Crippen LogP contribution in [0.1, 0.15) is 19.4 Å². The summed E-state index contributed by atoms with van der Waals surface area (Å²) in [6, 6.07) is 5.16. The number of nitrogen functional groups attached to an aromatic ring is 1. The Balaban J connectivity index is 2.86. The van der Waals surface area contributed by atoms with Crippen molar-refractivity contribution >= 4 is 27.1 Å². The number of rotatable bonds is 4. The van der Waals surface area contributed by atoms with Crippen molar-refractivity contribution in [1.82, 2.24) is 0 Å². The van der Waals surface area contributed by atoms with Crippen molar-refractivity contribution in [3.63, 3.8) is 0 Å². The molecule has 18 heavy (non-hydrogen) atoms. The van der Waals surface area contributed by atoms with E-state index in [-0.39, 0.29) is 0 Å². The monoisotopic (exact) mass is 270 g/mol. The van der Waals surface area contributed by atoms with Gasteiger partial charge in [0.05, 0.1) is 0 Å². The van der Waals surface area contributed by atoms with Gasteiger partial charge in [-0.1, -0.05) is 13.0 Å². The van der Waals surface area contributed by atoms with Crippen LogP contribution in [0.3, 0.4) is 0 Å². The van der Waals surface area contributed by atoms with Crippen molar-refractivity contribution in [2.24, 2.45) is 0 Å². The summed E-state index contributed by atoms with van der Waals surface area (Å²) in [6.07, 6.45) is 1.84. The fourth-order valence-electron chi connectivity index (χ4n) is 1.43. The summed E-state index contributed by atoms with van der Waals surface area (Å²) in [5, 5.41) is 1.46. The average Bonchev–Trinajstić information content (AvgIpc) is 2.27. The van der Waals surface area contributed by atoms with Gasteiger partial charge in [0.25, 0.3) is 0 Å². The molecule has 0 spiro atoms. The van der Waals surface area contributed by atoms with Gasteiger partial charge in [0, 0.05) is 17.6 Å². The first-order valence-electron chi connectivity index (χ1n) is 5.63. The second-order valence-electron chi connectivity index (χ2n) is 4.23. The Morgan fingerprint density at radius 2 is 2.06 bits per heavy atom. The van der Waals surface area contributed by atoms with Crippen LogP contribution < -0.4 is 11.1 Å². The van der Waals surface area contributed by atoms with Gasteiger partial charge >= 0.3 is 0 Å². The van der Waals surface area contributed by atoms with Gasteiger partial charge in [-0.2, -0.15) is 0 Å². The Morgan fingerprint density at radius 1 is 1.44 bits per heavy atom. The lowest BCUT2D eigenvalue weighted by atomic mass is 10.1. The van der Waals surface area contributed by atoms with Gasteiger partial charge in [0.1, 0.15) is 5.25 Å². The third-order valence-electron chi connectivity index (χ3n) is 2.81. The van der Waals surface area contributed by atoms with Gasteiger partial charge < -0.3 is 11.1 Å². The van der Waals surface area contributed by atoms with Crippen molar-refractivity contribution in [3.05, 3.63) is 23.8 Å². The third-order valence-corrected chi connectivity index (χ3v) is 4.30. The molecule has 1 aromatic carbocycles. The predicted molar refractivity (Wildman–Crippen MR) is 73.2 cm³/mol. The number of hydrogen-bond donors (Lipinski definition) is 2. The van der Waals surface area contributed by atoms with Crippen LogP contribution in [0.2, 0.25) is 0 Å². The van der Waals surface area contributed by atoms with Gasteiger partial charge in [0.2, 0.25) is 5.91 Å². The van der Waals surface area contributed by atoms with E-state index in [2.05, 4.69) is 5.32 Å². The summed E-state index contributed by atoms with van der Waals surface area (Å²) in [4.78, 5) is 11.7. The molecular formula is C12H18N2O3S. The number of carbonyl (C=O) groups is 1. The van der Waals surface area contributed by atoms with Crippen molar-refractivity contribution < 1.29 is 13.2 Å². The smallest absolute Gasteiger partial charge is 0.242 e. The zero-order valence-electron chi connectivity index (χ0n) is 10.7. The van der Waals surface area contributed by atoms with Crippen molar-refractivity contribution in [3.8, 4) is 0 Å². The van der Waals surface area contributed by atoms with E-state index in [4.69, 9.17) is 5.73 Å². The van der Waals surface area contributed by atoms with Crippen LogP contribution in [0.5, 0.6) is 0 Å². The van der Waals surface area contributed by atoms with E-state index >= 15 is 0 Å². The molecule has 3 N–H and O–H groups in total. The Morgan fingerprint density at radius 3 is 2.50 bits per heavy atom. The van der Waals surface area contributed by atoms with Crippen molar-refractivity contribution in [2.45, 2.75) is 25.5 Å². The molecule has 1 amide bonds. The first-order chi connectivity index (χ1) is 8.25.